The summed E-state index contributed by atoms with van der Waals surface area (Å²) in [4.78, 5) is 0. The number of rotatable bonds is 5. The Morgan fingerprint density at radius 1 is 1.22 bits per heavy atom. The fourth-order valence-corrected chi connectivity index (χ4v) is 2.87. The van der Waals surface area contributed by atoms with Crippen LogP contribution in [0.4, 0.5) is 0 Å². The molecule has 0 aromatic heterocycles. The fourth-order valence-electron chi connectivity index (χ4n) is 2.87. The average molecular weight is 260 g/mol. The third-order valence-corrected chi connectivity index (χ3v) is 3.84. The first-order valence-corrected chi connectivity index (χ1v) is 6.92. The summed E-state index contributed by atoms with van der Waals surface area (Å²) in [5.41, 5.74) is 0. The molecule has 2 saturated heterocycles. The van der Waals surface area contributed by atoms with Crippen LogP contribution in [0.3, 0.4) is 0 Å². The van der Waals surface area contributed by atoms with E-state index in [9.17, 15) is 5.11 Å². The van der Waals surface area contributed by atoms with Crippen molar-refractivity contribution < 1.29 is 24.4 Å². The molecule has 106 valence electrons. The van der Waals surface area contributed by atoms with Crippen LogP contribution in [0.25, 0.3) is 0 Å². The minimum Gasteiger partial charge on any atom is -0.396 e. The molecule has 2 aliphatic rings. The summed E-state index contributed by atoms with van der Waals surface area (Å²) in [6.45, 7) is 4.42. The molecule has 0 aromatic carbocycles. The lowest BCUT2D eigenvalue weighted by atomic mass is 9.98. The van der Waals surface area contributed by atoms with Crippen molar-refractivity contribution in [2.45, 2.75) is 69.7 Å². The highest BCUT2D eigenvalue weighted by Gasteiger charge is 2.53. The molecule has 2 heterocycles. The maximum atomic E-state index is 9.97. The third kappa shape index (κ3) is 2.56. The molecule has 0 aromatic rings. The summed E-state index contributed by atoms with van der Waals surface area (Å²) in [6.07, 6.45) is 1.62. The minimum absolute atomic E-state index is 0.0558. The number of fused-ring (bicyclic) bond motifs is 1. The highest BCUT2D eigenvalue weighted by molar-refractivity contribution is 4.96. The predicted molar refractivity (Wildman–Crippen MR) is 65.1 cm³/mol. The van der Waals surface area contributed by atoms with Crippen molar-refractivity contribution in [1.29, 1.82) is 0 Å². The van der Waals surface area contributed by atoms with E-state index in [1.54, 1.807) is 0 Å². The lowest BCUT2D eigenvalue weighted by molar-refractivity contribution is -0.188. The van der Waals surface area contributed by atoms with Gasteiger partial charge < -0.3 is 24.4 Å². The van der Waals surface area contributed by atoms with E-state index in [2.05, 4.69) is 6.92 Å². The second kappa shape index (κ2) is 5.84. The molecule has 0 bridgehead atoms. The first kappa shape index (κ1) is 14.2. The first-order valence-electron chi connectivity index (χ1n) is 6.92. The van der Waals surface area contributed by atoms with Crippen LogP contribution >= 0.6 is 0 Å². The number of hydrogen-bond acceptors (Lipinski definition) is 5. The Balaban J connectivity index is 2.12. The molecule has 18 heavy (non-hydrogen) atoms. The van der Waals surface area contributed by atoms with Gasteiger partial charge in [0, 0.05) is 13.0 Å². The smallest absolute Gasteiger partial charge is 0.169 e. The largest absolute Gasteiger partial charge is 0.396 e. The maximum Gasteiger partial charge on any atom is 0.169 e. The van der Waals surface area contributed by atoms with E-state index in [0.717, 1.165) is 19.3 Å². The van der Waals surface area contributed by atoms with Gasteiger partial charge in [-0.1, -0.05) is 20.3 Å². The van der Waals surface area contributed by atoms with Gasteiger partial charge in [-0.05, 0) is 12.8 Å². The van der Waals surface area contributed by atoms with E-state index < -0.39 is 11.9 Å². The van der Waals surface area contributed by atoms with Crippen molar-refractivity contribution in [2.24, 2.45) is 0 Å². The van der Waals surface area contributed by atoms with Gasteiger partial charge in [-0.15, -0.1) is 0 Å². The number of aliphatic hydroxyl groups excluding tert-OH is 2. The van der Waals surface area contributed by atoms with E-state index in [1.807, 2.05) is 6.92 Å². The molecule has 0 saturated carbocycles. The van der Waals surface area contributed by atoms with Crippen LogP contribution in [-0.2, 0) is 14.2 Å². The molecule has 2 fully saturated rings. The molecular weight excluding hydrogens is 236 g/mol. The summed E-state index contributed by atoms with van der Waals surface area (Å²) < 4.78 is 17.6. The van der Waals surface area contributed by atoms with Crippen molar-refractivity contribution in [2.75, 3.05) is 13.2 Å². The van der Waals surface area contributed by atoms with Gasteiger partial charge in [-0.25, -0.2) is 0 Å². The molecule has 0 aliphatic carbocycles. The Labute approximate surface area is 108 Å². The second-order valence-corrected chi connectivity index (χ2v) is 5.13. The Bertz CT molecular complexity index is 272. The highest BCUT2D eigenvalue weighted by Crippen LogP contribution is 2.40. The quantitative estimate of drug-likeness (QED) is 0.766. The summed E-state index contributed by atoms with van der Waals surface area (Å²) in [7, 11) is 0. The van der Waals surface area contributed by atoms with Gasteiger partial charge >= 0.3 is 0 Å². The molecule has 2 N–H and O–H groups in total. The van der Waals surface area contributed by atoms with E-state index in [1.165, 1.54) is 0 Å². The van der Waals surface area contributed by atoms with E-state index >= 15 is 0 Å². The lowest BCUT2D eigenvalue weighted by Crippen LogP contribution is -2.51. The minimum atomic E-state index is -0.643. The Hall–Kier alpha value is -0.200. The molecule has 5 nitrogen and oxygen atoms in total. The molecule has 2 rings (SSSR count). The molecule has 5 heteroatoms. The molecule has 3 unspecified atom stereocenters. The van der Waals surface area contributed by atoms with Gasteiger partial charge in [0.05, 0.1) is 12.7 Å². The zero-order valence-electron chi connectivity index (χ0n) is 11.2. The number of hydrogen-bond donors (Lipinski definition) is 2. The molecule has 2 aliphatic heterocycles. The van der Waals surface area contributed by atoms with Crippen molar-refractivity contribution in [1.82, 2.24) is 0 Å². The van der Waals surface area contributed by atoms with Gasteiger partial charge in [-0.2, -0.15) is 0 Å². The molecular formula is C13H24O5. The van der Waals surface area contributed by atoms with Crippen molar-refractivity contribution in [3.05, 3.63) is 0 Å². The lowest BCUT2D eigenvalue weighted by Gasteiger charge is -2.34. The standard InChI is InChI=1S/C13H24O5/c1-3-6-13(4-2)17-11-9(15)8-16-10(5-7-14)12(11)18-13/h9-12,14-15H,3-8H2,1-2H3/t9-,10?,11?,12+,13?/m0/s1. The van der Waals surface area contributed by atoms with Gasteiger partial charge in [0.1, 0.15) is 18.3 Å². The van der Waals surface area contributed by atoms with Crippen LogP contribution in [0.15, 0.2) is 0 Å². The Morgan fingerprint density at radius 2 is 1.94 bits per heavy atom. The van der Waals surface area contributed by atoms with Gasteiger partial charge in [0.15, 0.2) is 5.79 Å². The summed E-state index contributed by atoms with van der Waals surface area (Å²) in [6, 6.07) is 0. The zero-order valence-corrected chi connectivity index (χ0v) is 11.2. The van der Waals surface area contributed by atoms with Crippen molar-refractivity contribution in [3.63, 3.8) is 0 Å². The van der Waals surface area contributed by atoms with Crippen LogP contribution in [0.1, 0.15) is 39.5 Å². The Kier molecular flexibility index (Phi) is 4.61. The highest BCUT2D eigenvalue weighted by atomic mass is 16.8. The summed E-state index contributed by atoms with van der Waals surface area (Å²) in [5, 5.41) is 19.0. The summed E-state index contributed by atoms with van der Waals surface area (Å²) >= 11 is 0. The predicted octanol–water partition coefficient (Wildman–Crippen LogP) is 0.819. The maximum absolute atomic E-state index is 9.97. The van der Waals surface area contributed by atoms with E-state index in [0.29, 0.717) is 6.42 Å². The monoisotopic (exact) mass is 260 g/mol. The SMILES string of the molecule is CCCC1(CC)OC2[C@H](O1)C(CCO)OC[C@@H]2O. The Morgan fingerprint density at radius 3 is 2.56 bits per heavy atom. The normalized spacial score (nSPS) is 44.0. The van der Waals surface area contributed by atoms with Crippen LogP contribution < -0.4 is 0 Å². The van der Waals surface area contributed by atoms with Crippen LogP contribution in [0.2, 0.25) is 0 Å². The number of aliphatic hydroxyl groups is 2. The third-order valence-electron chi connectivity index (χ3n) is 3.84. The molecule has 5 atom stereocenters. The molecule has 0 amide bonds. The average Bonchev–Trinajstić information content (AvgIpc) is 2.75. The van der Waals surface area contributed by atoms with Gasteiger partial charge in [-0.3, -0.25) is 0 Å². The van der Waals surface area contributed by atoms with E-state index in [-0.39, 0.29) is 31.5 Å². The van der Waals surface area contributed by atoms with Gasteiger partial charge in [0.2, 0.25) is 0 Å². The summed E-state index contributed by atoms with van der Waals surface area (Å²) in [5.74, 6) is -0.591. The zero-order chi connectivity index (χ0) is 13.2. The van der Waals surface area contributed by atoms with Crippen LogP contribution in [0, 0.1) is 0 Å². The van der Waals surface area contributed by atoms with Gasteiger partial charge in [0.25, 0.3) is 0 Å². The number of ether oxygens (including phenoxy) is 3. The molecule has 0 spiro atoms. The van der Waals surface area contributed by atoms with Crippen molar-refractivity contribution in [3.8, 4) is 0 Å². The topological polar surface area (TPSA) is 68.2 Å². The first-order chi connectivity index (χ1) is 8.65. The van der Waals surface area contributed by atoms with Crippen molar-refractivity contribution >= 4 is 0 Å². The second-order valence-electron chi connectivity index (χ2n) is 5.13. The molecule has 0 radical (unpaired) electrons. The fraction of sp³-hybridized carbons (Fsp3) is 1.00. The van der Waals surface area contributed by atoms with Crippen LogP contribution in [-0.4, -0.2) is 53.6 Å². The van der Waals surface area contributed by atoms with Crippen LogP contribution in [0.5, 0.6) is 0 Å². The van der Waals surface area contributed by atoms with E-state index in [4.69, 9.17) is 19.3 Å².